The maximum absolute atomic E-state index is 12.7. The zero-order valence-electron chi connectivity index (χ0n) is 17.6. The molecule has 0 aliphatic carbocycles. The van der Waals surface area contributed by atoms with Gasteiger partial charge in [0.05, 0.1) is 13.1 Å². The number of benzene rings is 1. The van der Waals surface area contributed by atoms with Crippen LogP contribution in [-0.4, -0.2) is 67.4 Å². The van der Waals surface area contributed by atoms with Gasteiger partial charge in [-0.25, -0.2) is 13.8 Å². The van der Waals surface area contributed by atoms with Crippen LogP contribution in [0, 0.1) is 0 Å². The maximum Gasteiger partial charge on any atom is 0.252 e. The summed E-state index contributed by atoms with van der Waals surface area (Å²) in [6.45, 7) is 2.18. The quantitative estimate of drug-likeness (QED) is 0.690. The van der Waals surface area contributed by atoms with Gasteiger partial charge in [0.25, 0.3) is 5.91 Å². The molecule has 4 rings (SSSR count). The van der Waals surface area contributed by atoms with Crippen molar-refractivity contribution < 1.29 is 13.2 Å². The number of aromatic nitrogens is 1. The van der Waals surface area contributed by atoms with Crippen LogP contribution in [0.3, 0.4) is 0 Å². The third-order valence-electron chi connectivity index (χ3n) is 5.71. The van der Waals surface area contributed by atoms with Gasteiger partial charge in [0.15, 0.2) is 0 Å². The van der Waals surface area contributed by atoms with Crippen molar-refractivity contribution in [3.8, 4) is 0 Å². The fraction of sp³-hybridized carbons (Fsp3) is 0.364. The van der Waals surface area contributed by atoms with Crippen LogP contribution in [0.5, 0.6) is 0 Å². The number of rotatable bonds is 6. The lowest BCUT2D eigenvalue weighted by Gasteiger charge is -2.39. The number of nitrogens with zero attached hydrogens (tertiary/aromatic N) is 4. The van der Waals surface area contributed by atoms with Crippen molar-refractivity contribution in [1.82, 2.24) is 19.7 Å². The fourth-order valence-electron chi connectivity index (χ4n) is 3.87. The van der Waals surface area contributed by atoms with Crippen LogP contribution < -0.4 is 10.3 Å². The number of hydrogen-bond acceptors (Lipinski definition) is 6. The summed E-state index contributed by atoms with van der Waals surface area (Å²) in [6.07, 6.45) is 6.89. The Morgan fingerprint density at radius 3 is 2.34 bits per heavy atom. The van der Waals surface area contributed by atoms with Crippen molar-refractivity contribution in [2.75, 3.05) is 37.6 Å². The zero-order chi connectivity index (χ0) is 22.6. The van der Waals surface area contributed by atoms with Gasteiger partial charge in [0, 0.05) is 54.2 Å². The van der Waals surface area contributed by atoms with Crippen LogP contribution in [-0.2, 0) is 14.8 Å². The summed E-state index contributed by atoms with van der Waals surface area (Å²) in [4.78, 5) is 19.0. The van der Waals surface area contributed by atoms with Gasteiger partial charge in [-0.3, -0.25) is 14.8 Å². The minimum absolute atomic E-state index is 0.170. The topological polar surface area (TPSA) is 85.8 Å². The molecular weight excluding hydrogens is 450 g/mol. The van der Waals surface area contributed by atoms with Crippen molar-refractivity contribution in [1.29, 1.82) is 0 Å². The predicted molar refractivity (Wildman–Crippen MR) is 125 cm³/mol. The average molecular weight is 476 g/mol. The van der Waals surface area contributed by atoms with Gasteiger partial charge in [-0.1, -0.05) is 23.7 Å². The van der Waals surface area contributed by atoms with Crippen molar-refractivity contribution in [3.05, 3.63) is 64.8 Å². The number of anilines is 1. The number of piperidine rings is 1. The molecule has 32 heavy (non-hydrogen) atoms. The molecule has 2 saturated heterocycles. The molecule has 0 saturated carbocycles. The molecule has 0 spiro atoms. The fourth-order valence-corrected chi connectivity index (χ4v) is 5.13. The summed E-state index contributed by atoms with van der Waals surface area (Å²) in [5, 5.41) is 3.30. The monoisotopic (exact) mass is 475 g/mol. The lowest BCUT2D eigenvalue weighted by atomic mass is 10.1. The standard InChI is InChI=1S/C22H26ClN5O3S/c23-19-3-1-18(2-4-19)9-16-32(30,31)27-14-15-28(22(29)17-27)25-20-7-12-26(13-8-20)21-5-10-24-11-6-21/h1-6,9-11,16,20,25H,7-8,12-15,17H2/b16-9+. The number of sulfonamides is 1. The van der Waals surface area contributed by atoms with E-state index in [-0.39, 0.29) is 25.0 Å². The van der Waals surface area contributed by atoms with Crippen molar-refractivity contribution in [3.63, 3.8) is 0 Å². The number of pyridine rings is 1. The Hall–Kier alpha value is -2.46. The highest BCUT2D eigenvalue weighted by Gasteiger charge is 2.32. The molecular formula is C22H26ClN5O3S. The largest absolute Gasteiger partial charge is 0.371 e. The van der Waals surface area contributed by atoms with Crippen LogP contribution >= 0.6 is 11.6 Å². The van der Waals surface area contributed by atoms with E-state index in [4.69, 9.17) is 11.6 Å². The molecule has 0 unspecified atom stereocenters. The second kappa shape index (κ2) is 9.99. The summed E-state index contributed by atoms with van der Waals surface area (Å²) in [5.41, 5.74) is 5.18. The molecule has 8 nitrogen and oxygen atoms in total. The van der Waals surface area contributed by atoms with E-state index in [0.717, 1.165) is 42.6 Å². The van der Waals surface area contributed by atoms with E-state index in [2.05, 4.69) is 15.3 Å². The first-order valence-electron chi connectivity index (χ1n) is 10.6. The second-order valence-corrected chi connectivity index (χ2v) is 10.1. The average Bonchev–Trinajstić information content (AvgIpc) is 2.81. The minimum atomic E-state index is -3.69. The first kappa shape index (κ1) is 22.7. The summed E-state index contributed by atoms with van der Waals surface area (Å²) in [6, 6.07) is 11.1. The van der Waals surface area contributed by atoms with E-state index in [1.165, 1.54) is 10.4 Å². The van der Waals surface area contributed by atoms with Crippen LogP contribution in [0.15, 0.2) is 54.2 Å². The lowest BCUT2D eigenvalue weighted by Crippen LogP contribution is -2.59. The van der Waals surface area contributed by atoms with Crippen LogP contribution in [0.25, 0.3) is 6.08 Å². The molecule has 2 aliphatic heterocycles. The number of amides is 1. The first-order valence-corrected chi connectivity index (χ1v) is 12.4. The molecule has 1 N–H and O–H groups in total. The predicted octanol–water partition coefficient (Wildman–Crippen LogP) is 2.35. The number of nitrogens with one attached hydrogen (secondary N) is 1. The zero-order valence-corrected chi connectivity index (χ0v) is 19.2. The Balaban J connectivity index is 1.28. The number of piperazine rings is 1. The van der Waals surface area contributed by atoms with Gasteiger partial charge in [0.1, 0.15) is 0 Å². The Morgan fingerprint density at radius 1 is 1.00 bits per heavy atom. The smallest absolute Gasteiger partial charge is 0.252 e. The molecule has 2 aliphatic rings. The molecule has 1 aromatic carbocycles. The van der Waals surface area contributed by atoms with Crippen LogP contribution in [0.4, 0.5) is 5.69 Å². The van der Waals surface area contributed by atoms with Gasteiger partial charge in [-0.05, 0) is 48.7 Å². The molecule has 1 aromatic heterocycles. The SMILES string of the molecule is O=C1CN(S(=O)(=O)/C=C/c2ccc(Cl)cc2)CCN1NC1CCN(c2ccncc2)CC1. The molecule has 2 fully saturated rings. The van der Waals surface area contributed by atoms with E-state index in [9.17, 15) is 13.2 Å². The number of carbonyl (C=O) groups is 1. The molecule has 170 valence electrons. The highest BCUT2D eigenvalue weighted by atomic mass is 35.5. The van der Waals surface area contributed by atoms with Gasteiger partial charge >= 0.3 is 0 Å². The highest BCUT2D eigenvalue weighted by Crippen LogP contribution is 2.20. The Morgan fingerprint density at radius 2 is 1.69 bits per heavy atom. The van der Waals surface area contributed by atoms with Gasteiger partial charge < -0.3 is 4.90 Å². The second-order valence-electron chi connectivity index (χ2n) is 7.87. The molecule has 0 atom stereocenters. The maximum atomic E-state index is 12.7. The van der Waals surface area contributed by atoms with E-state index in [1.807, 2.05) is 12.1 Å². The van der Waals surface area contributed by atoms with E-state index < -0.39 is 10.0 Å². The van der Waals surface area contributed by atoms with Gasteiger partial charge in [-0.15, -0.1) is 0 Å². The molecule has 1 amide bonds. The van der Waals surface area contributed by atoms with Crippen molar-refractivity contribution in [2.45, 2.75) is 18.9 Å². The third kappa shape index (κ3) is 5.66. The number of hydrogen-bond donors (Lipinski definition) is 1. The highest BCUT2D eigenvalue weighted by molar-refractivity contribution is 7.92. The number of carbonyl (C=O) groups excluding carboxylic acids is 1. The lowest BCUT2D eigenvalue weighted by molar-refractivity contribution is -0.138. The number of halogens is 1. The summed E-state index contributed by atoms with van der Waals surface area (Å²) >= 11 is 5.85. The Kier molecular flexibility index (Phi) is 7.10. The van der Waals surface area contributed by atoms with Gasteiger partial charge in [0.2, 0.25) is 10.0 Å². The summed E-state index contributed by atoms with van der Waals surface area (Å²) in [7, 11) is -3.69. The molecule has 0 radical (unpaired) electrons. The van der Waals surface area contributed by atoms with Crippen molar-refractivity contribution >= 4 is 39.3 Å². The van der Waals surface area contributed by atoms with E-state index in [1.54, 1.807) is 41.7 Å². The van der Waals surface area contributed by atoms with E-state index in [0.29, 0.717) is 11.6 Å². The molecule has 10 heteroatoms. The first-order chi connectivity index (χ1) is 15.4. The summed E-state index contributed by atoms with van der Waals surface area (Å²) < 4.78 is 26.5. The number of hydrazine groups is 1. The van der Waals surface area contributed by atoms with E-state index >= 15 is 0 Å². The van der Waals surface area contributed by atoms with Crippen LogP contribution in [0.1, 0.15) is 18.4 Å². The molecule has 2 aromatic rings. The van der Waals surface area contributed by atoms with Crippen LogP contribution in [0.2, 0.25) is 5.02 Å². The van der Waals surface area contributed by atoms with Gasteiger partial charge in [-0.2, -0.15) is 4.31 Å². The minimum Gasteiger partial charge on any atom is -0.371 e. The molecule has 3 heterocycles. The molecule has 0 bridgehead atoms. The summed E-state index contributed by atoms with van der Waals surface area (Å²) in [5.74, 6) is -0.240. The van der Waals surface area contributed by atoms with Crippen molar-refractivity contribution in [2.24, 2.45) is 0 Å². The Labute approximate surface area is 193 Å². The Bertz CT molecular complexity index is 1050. The normalized spacial score (nSPS) is 19.1. The third-order valence-corrected chi connectivity index (χ3v) is 7.47.